The van der Waals surface area contributed by atoms with E-state index in [-0.39, 0.29) is 11.5 Å². The molecule has 5 nitrogen and oxygen atoms in total. The molecule has 1 aromatic heterocycles. The number of nitrogens with one attached hydrogen (secondary N) is 2. The minimum atomic E-state index is -0.232. The van der Waals surface area contributed by atoms with Gasteiger partial charge in [-0.3, -0.25) is 14.2 Å². The monoisotopic (exact) mass is 353 g/mol. The van der Waals surface area contributed by atoms with Crippen molar-refractivity contribution in [3.63, 3.8) is 0 Å². The highest BCUT2D eigenvalue weighted by molar-refractivity contribution is 7.71. The lowest BCUT2D eigenvalue weighted by molar-refractivity contribution is 0.102. The number of aromatic amines is 1. The Bertz CT molecular complexity index is 1100. The van der Waals surface area contributed by atoms with Crippen LogP contribution >= 0.6 is 12.2 Å². The Kier molecular flexibility index (Phi) is 4.55. The van der Waals surface area contributed by atoms with E-state index < -0.39 is 0 Å². The van der Waals surface area contributed by atoms with Gasteiger partial charge in [0.25, 0.3) is 11.5 Å². The van der Waals surface area contributed by atoms with Crippen molar-refractivity contribution in [2.75, 3.05) is 5.32 Å². The van der Waals surface area contributed by atoms with Gasteiger partial charge in [-0.15, -0.1) is 0 Å². The molecule has 2 aromatic carbocycles. The van der Waals surface area contributed by atoms with Crippen LogP contribution in [0, 0.1) is 18.6 Å². The van der Waals surface area contributed by atoms with Gasteiger partial charge in [0.2, 0.25) is 0 Å². The Morgan fingerprint density at radius 3 is 2.60 bits per heavy atom. The molecule has 0 unspecified atom stereocenters. The number of rotatable bonds is 3. The summed E-state index contributed by atoms with van der Waals surface area (Å²) in [6.07, 6.45) is 0. The Morgan fingerprint density at radius 2 is 1.92 bits per heavy atom. The zero-order chi connectivity index (χ0) is 18.1. The molecule has 0 aliphatic carbocycles. The number of hydrogen-bond donors (Lipinski definition) is 2. The van der Waals surface area contributed by atoms with Crippen molar-refractivity contribution in [3.8, 4) is 0 Å². The van der Waals surface area contributed by atoms with Crippen LogP contribution in [0.5, 0.6) is 0 Å². The van der Waals surface area contributed by atoms with Crippen LogP contribution in [0.15, 0.2) is 41.2 Å². The first-order valence-corrected chi connectivity index (χ1v) is 8.47. The fourth-order valence-electron chi connectivity index (χ4n) is 2.71. The molecule has 1 amide bonds. The normalized spacial score (nSPS) is 10.8. The third kappa shape index (κ3) is 3.25. The smallest absolute Gasteiger partial charge is 0.262 e. The molecule has 0 atom stereocenters. The molecule has 2 N–H and O–H groups in total. The summed E-state index contributed by atoms with van der Waals surface area (Å²) in [7, 11) is 0. The van der Waals surface area contributed by atoms with Crippen LogP contribution in [-0.2, 0) is 6.54 Å². The molecular formula is C19H19N3O2S. The van der Waals surface area contributed by atoms with Gasteiger partial charge >= 0.3 is 0 Å². The molecule has 0 aliphatic heterocycles. The Balaban J connectivity index is 1.98. The topological polar surface area (TPSA) is 66.9 Å². The van der Waals surface area contributed by atoms with E-state index in [1.165, 1.54) is 10.1 Å². The van der Waals surface area contributed by atoms with Crippen LogP contribution in [0.4, 0.5) is 5.69 Å². The molecule has 6 heteroatoms. The molecule has 25 heavy (non-hydrogen) atoms. The summed E-state index contributed by atoms with van der Waals surface area (Å²) >= 11 is 5.21. The molecule has 0 spiro atoms. The Labute approximate surface area is 150 Å². The van der Waals surface area contributed by atoms with E-state index in [9.17, 15) is 9.59 Å². The van der Waals surface area contributed by atoms with E-state index >= 15 is 0 Å². The molecular weight excluding hydrogens is 334 g/mol. The van der Waals surface area contributed by atoms with Crippen LogP contribution in [-0.4, -0.2) is 15.5 Å². The van der Waals surface area contributed by atoms with E-state index in [0.717, 1.165) is 11.3 Å². The van der Waals surface area contributed by atoms with Crippen LogP contribution in [0.25, 0.3) is 10.9 Å². The van der Waals surface area contributed by atoms with E-state index in [0.29, 0.717) is 27.8 Å². The second-order valence-corrected chi connectivity index (χ2v) is 6.38. The van der Waals surface area contributed by atoms with Gasteiger partial charge in [0.05, 0.1) is 10.9 Å². The molecule has 0 saturated carbocycles. The summed E-state index contributed by atoms with van der Waals surface area (Å²) in [6, 6.07) is 10.7. The fourth-order valence-corrected chi connectivity index (χ4v) is 3.03. The van der Waals surface area contributed by atoms with E-state index in [4.69, 9.17) is 12.2 Å². The van der Waals surface area contributed by atoms with Crippen LogP contribution in [0.2, 0.25) is 0 Å². The molecule has 3 rings (SSSR count). The number of amides is 1. The molecule has 0 fully saturated rings. The lowest BCUT2D eigenvalue weighted by Gasteiger charge is -2.09. The van der Waals surface area contributed by atoms with Crippen molar-refractivity contribution in [1.29, 1.82) is 0 Å². The van der Waals surface area contributed by atoms with Crippen molar-refractivity contribution in [2.45, 2.75) is 27.3 Å². The summed E-state index contributed by atoms with van der Waals surface area (Å²) in [4.78, 5) is 27.9. The maximum absolute atomic E-state index is 12.5. The van der Waals surface area contributed by atoms with Crippen LogP contribution in [0.3, 0.4) is 0 Å². The van der Waals surface area contributed by atoms with Crippen molar-refractivity contribution >= 4 is 34.7 Å². The summed E-state index contributed by atoms with van der Waals surface area (Å²) in [5.74, 6) is -0.232. The van der Waals surface area contributed by atoms with Gasteiger partial charge in [0, 0.05) is 17.8 Å². The largest absolute Gasteiger partial charge is 0.332 e. The molecule has 0 aliphatic rings. The molecule has 0 radical (unpaired) electrons. The number of aromatic nitrogens is 2. The number of H-pyrrole nitrogens is 1. The van der Waals surface area contributed by atoms with Crippen LogP contribution in [0.1, 0.15) is 28.4 Å². The predicted molar refractivity (Wildman–Crippen MR) is 103 cm³/mol. The number of hydrogen-bond acceptors (Lipinski definition) is 3. The van der Waals surface area contributed by atoms with Gasteiger partial charge in [-0.1, -0.05) is 6.07 Å². The zero-order valence-electron chi connectivity index (χ0n) is 14.3. The van der Waals surface area contributed by atoms with Crippen molar-refractivity contribution in [2.24, 2.45) is 0 Å². The van der Waals surface area contributed by atoms with Gasteiger partial charge in [-0.2, -0.15) is 0 Å². The van der Waals surface area contributed by atoms with Gasteiger partial charge in [-0.05, 0) is 74.4 Å². The lowest BCUT2D eigenvalue weighted by atomic mass is 10.1. The number of anilines is 1. The predicted octanol–water partition coefficient (Wildman–Crippen LogP) is 3.95. The molecule has 0 saturated heterocycles. The highest BCUT2D eigenvalue weighted by atomic mass is 32.1. The van der Waals surface area contributed by atoms with Gasteiger partial charge in [-0.25, -0.2) is 0 Å². The quantitative estimate of drug-likeness (QED) is 0.701. The SMILES string of the molecule is CCn1c(=S)[nH]c2cc(C(=O)Nc3ccc(C)c(C)c3)ccc2c1=O. The highest BCUT2D eigenvalue weighted by Crippen LogP contribution is 2.16. The van der Waals surface area contributed by atoms with Crippen molar-refractivity contribution < 1.29 is 4.79 Å². The first-order chi connectivity index (χ1) is 11.9. The third-order valence-electron chi connectivity index (χ3n) is 4.33. The molecule has 0 bridgehead atoms. The van der Waals surface area contributed by atoms with Gasteiger partial charge in [0.15, 0.2) is 4.77 Å². The summed E-state index contributed by atoms with van der Waals surface area (Å²) in [5, 5.41) is 3.39. The molecule has 1 heterocycles. The number of nitrogens with zero attached hydrogens (tertiary/aromatic N) is 1. The minimum absolute atomic E-state index is 0.151. The number of carbonyl (C=O) groups is 1. The number of carbonyl (C=O) groups excluding carboxylic acids is 1. The first kappa shape index (κ1) is 17.1. The number of benzene rings is 2. The van der Waals surface area contributed by atoms with Gasteiger partial charge in [0.1, 0.15) is 0 Å². The number of fused-ring (bicyclic) bond motifs is 1. The molecule has 128 valence electrons. The maximum Gasteiger partial charge on any atom is 0.262 e. The second-order valence-electron chi connectivity index (χ2n) is 5.99. The summed E-state index contributed by atoms with van der Waals surface area (Å²) in [5.41, 5.74) is 3.89. The van der Waals surface area contributed by atoms with E-state index in [2.05, 4.69) is 10.3 Å². The van der Waals surface area contributed by atoms with E-state index in [1.54, 1.807) is 18.2 Å². The fraction of sp³-hybridized carbons (Fsp3) is 0.211. The molecule has 3 aromatic rings. The highest BCUT2D eigenvalue weighted by Gasteiger charge is 2.10. The maximum atomic E-state index is 12.5. The second kappa shape index (κ2) is 6.64. The number of aryl methyl sites for hydroxylation is 2. The Morgan fingerprint density at radius 1 is 1.16 bits per heavy atom. The van der Waals surface area contributed by atoms with Crippen molar-refractivity contribution in [1.82, 2.24) is 9.55 Å². The summed E-state index contributed by atoms with van der Waals surface area (Å²) < 4.78 is 1.85. The lowest BCUT2D eigenvalue weighted by Crippen LogP contribution is -2.21. The summed E-state index contributed by atoms with van der Waals surface area (Å²) in [6.45, 7) is 6.39. The minimum Gasteiger partial charge on any atom is -0.332 e. The van der Waals surface area contributed by atoms with Crippen LogP contribution < -0.4 is 10.9 Å². The average molecular weight is 353 g/mol. The average Bonchev–Trinajstić information content (AvgIpc) is 2.58. The van der Waals surface area contributed by atoms with Crippen molar-refractivity contribution in [3.05, 3.63) is 68.2 Å². The zero-order valence-corrected chi connectivity index (χ0v) is 15.2. The van der Waals surface area contributed by atoms with Gasteiger partial charge < -0.3 is 10.3 Å². The standard InChI is InChI=1S/C19H19N3O2S/c1-4-22-18(24)15-8-6-13(10-16(15)21-19(22)25)17(23)20-14-7-5-11(2)12(3)9-14/h5-10H,4H2,1-3H3,(H,20,23)(H,21,25). The first-order valence-electron chi connectivity index (χ1n) is 8.06. The Hall–Kier alpha value is -2.73. The third-order valence-corrected chi connectivity index (χ3v) is 4.65. The van der Waals surface area contributed by atoms with E-state index in [1.807, 2.05) is 39.0 Å².